The van der Waals surface area contributed by atoms with E-state index in [0.717, 1.165) is 38.2 Å². The lowest BCUT2D eigenvalue weighted by Gasteiger charge is -2.50. The van der Waals surface area contributed by atoms with Crippen molar-refractivity contribution in [1.29, 1.82) is 0 Å². The minimum absolute atomic E-state index is 0.172. The van der Waals surface area contributed by atoms with Gasteiger partial charge in [-0.25, -0.2) is 9.87 Å². The SMILES string of the molecule is O=C(NO)c1cc(F)c2c(c1)CCN([C@@H]1CCCC3(COC3)C1)C2. The largest absolute Gasteiger partial charge is 0.380 e. The maximum absolute atomic E-state index is 14.5. The van der Waals surface area contributed by atoms with Gasteiger partial charge in [-0.05, 0) is 43.4 Å². The van der Waals surface area contributed by atoms with Crippen LogP contribution in [0.15, 0.2) is 12.1 Å². The van der Waals surface area contributed by atoms with Crippen molar-refractivity contribution in [3.63, 3.8) is 0 Å². The van der Waals surface area contributed by atoms with E-state index in [1.807, 2.05) is 0 Å². The molecule has 0 radical (unpaired) electrons. The van der Waals surface area contributed by atoms with E-state index in [9.17, 15) is 9.18 Å². The number of ether oxygens (including phenoxy) is 1. The van der Waals surface area contributed by atoms with E-state index in [2.05, 4.69) is 4.90 Å². The van der Waals surface area contributed by atoms with Gasteiger partial charge in [-0.2, -0.15) is 0 Å². The van der Waals surface area contributed by atoms with Crippen LogP contribution in [0.2, 0.25) is 0 Å². The number of rotatable bonds is 2. The summed E-state index contributed by atoms with van der Waals surface area (Å²) in [7, 11) is 0. The van der Waals surface area contributed by atoms with Crippen molar-refractivity contribution < 1.29 is 19.1 Å². The lowest BCUT2D eigenvalue weighted by Crippen LogP contribution is -2.52. The van der Waals surface area contributed by atoms with E-state index in [0.29, 0.717) is 23.6 Å². The highest BCUT2D eigenvalue weighted by Gasteiger charge is 2.44. The minimum atomic E-state index is -0.668. The number of nitrogens with one attached hydrogen (secondary N) is 1. The average molecular weight is 334 g/mol. The molecule has 1 saturated heterocycles. The molecule has 2 fully saturated rings. The van der Waals surface area contributed by atoms with Crippen LogP contribution < -0.4 is 5.48 Å². The fourth-order valence-corrected chi connectivity index (χ4v) is 4.53. The van der Waals surface area contributed by atoms with E-state index in [1.165, 1.54) is 25.3 Å². The van der Waals surface area contributed by atoms with Crippen LogP contribution in [-0.4, -0.2) is 41.8 Å². The number of carbonyl (C=O) groups excluding carboxylic acids is 1. The van der Waals surface area contributed by atoms with Crippen LogP contribution in [0.25, 0.3) is 0 Å². The molecule has 1 spiro atoms. The standard InChI is InChI=1S/C18H23FN2O3/c19-16-7-13(17(22)20-23)6-12-3-5-21(9-15(12)16)14-2-1-4-18(8-14)10-24-11-18/h6-7,14,23H,1-5,8-11H2,(H,20,22)/t14-/m1/s1. The average Bonchev–Trinajstić information content (AvgIpc) is 2.59. The van der Waals surface area contributed by atoms with Gasteiger partial charge < -0.3 is 4.74 Å². The quantitative estimate of drug-likeness (QED) is 0.643. The summed E-state index contributed by atoms with van der Waals surface area (Å²) < 4.78 is 19.9. The van der Waals surface area contributed by atoms with Gasteiger partial charge in [-0.15, -0.1) is 0 Å². The lowest BCUT2D eigenvalue weighted by molar-refractivity contribution is -0.144. The Morgan fingerprint density at radius 1 is 1.42 bits per heavy atom. The third-order valence-electron chi connectivity index (χ3n) is 5.93. The van der Waals surface area contributed by atoms with Crippen LogP contribution in [0.4, 0.5) is 4.39 Å². The van der Waals surface area contributed by atoms with Crippen LogP contribution in [0.1, 0.15) is 47.2 Å². The fourth-order valence-electron chi connectivity index (χ4n) is 4.53. The Labute approximate surface area is 140 Å². The molecule has 1 saturated carbocycles. The highest BCUT2D eigenvalue weighted by molar-refractivity contribution is 5.93. The van der Waals surface area contributed by atoms with Crippen molar-refractivity contribution in [2.45, 2.75) is 44.7 Å². The smallest absolute Gasteiger partial charge is 0.274 e. The first-order valence-corrected chi connectivity index (χ1v) is 8.68. The molecule has 1 aromatic carbocycles. The number of amides is 1. The van der Waals surface area contributed by atoms with Gasteiger partial charge in [0.25, 0.3) is 5.91 Å². The van der Waals surface area contributed by atoms with E-state index >= 15 is 0 Å². The molecule has 0 aromatic heterocycles. The zero-order valence-electron chi connectivity index (χ0n) is 13.7. The molecule has 0 unspecified atom stereocenters. The normalized spacial score (nSPS) is 25.8. The number of halogens is 1. The monoisotopic (exact) mass is 334 g/mol. The Morgan fingerprint density at radius 3 is 2.96 bits per heavy atom. The molecule has 6 heteroatoms. The first-order valence-electron chi connectivity index (χ1n) is 8.68. The topological polar surface area (TPSA) is 61.8 Å². The van der Waals surface area contributed by atoms with Crippen molar-refractivity contribution in [2.75, 3.05) is 19.8 Å². The van der Waals surface area contributed by atoms with Gasteiger partial charge in [0.1, 0.15) is 5.82 Å². The molecule has 1 aromatic rings. The van der Waals surface area contributed by atoms with Crippen LogP contribution in [0.5, 0.6) is 0 Å². The number of hydrogen-bond acceptors (Lipinski definition) is 4. The third kappa shape index (κ3) is 2.72. The number of carbonyl (C=O) groups is 1. The number of nitrogens with zero attached hydrogens (tertiary/aromatic N) is 1. The summed E-state index contributed by atoms with van der Waals surface area (Å²) in [5, 5.41) is 8.73. The lowest BCUT2D eigenvalue weighted by atomic mass is 9.70. The fraction of sp³-hybridized carbons (Fsp3) is 0.611. The molecule has 2 aliphatic heterocycles. The van der Waals surface area contributed by atoms with Gasteiger partial charge >= 0.3 is 0 Å². The molecule has 1 aliphatic carbocycles. The zero-order chi connectivity index (χ0) is 16.7. The molecule has 2 N–H and O–H groups in total. The molecular formula is C18H23FN2O3. The molecule has 0 bridgehead atoms. The summed E-state index contributed by atoms with van der Waals surface area (Å²) in [6, 6.07) is 3.41. The highest BCUT2D eigenvalue weighted by Crippen LogP contribution is 2.44. The van der Waals surface area contributed by atoms with Crippen molar-refractivity contribution in [3.05, 3.63) is 34.6 Å². The molecule has 4 rings (SSSR count). The van der Waals surface area contributed by atoms with Gasteiger partial charge in [0, 0.05) is 35.7 Å². The van der Waals surface area contributed by atoms with Gasteiger partial charge in [0.2, 0.25) is 0 Å². The molecular weight excluding hydrogens is 311 g/mol. The van der Waals surface area contributed by atoms with Crippen molar-refractivity contribution in [1.82, 2.24) is 10.4 Å². The number of benzene rings is 1. The van der Waals surface area contributed by atoms with E-state index < -0.39 is 5.91 Å². The summed E-state index contributed by atoms with van der Waals surface area (Å²) in [5.74, 6) is -1.02. The number of hydroxylamine groups is 1. The number of hydrogen-bond donors (Lipinski definition) is 2. The maximum atomic E-state index is 14.5. The second kappa shape index (κ2) is 6.10. The van der Waals surface area contributed by atoms with Crippen LogP contribution >= 0.6 is 0 Å². The van der Waals surface area contributed by atoms with Crippen LogP contribution in [0.3, 0.4) is 0 Å². The second-order valence-electron chi connectivity index (χ2n) is 7.50. The molecule has 1 atom stereocenters. The van der Waals surface area contributed by atoms with E-state index in [1.54, 1.807) is 11.5 Å². The molecule has 24 heavy (non-hydrogen) atoms. The van der Waals surface area contributed by atoms with Crippen molar-refractivity contribution >= 4 is 5.91 Å². The molecule has 1 amide bonds. The Morgan fingerprint density at radius 2 is 2.25 bits per heavy atom. The maximum Gasteiger partial charge on any atom is 0.274 e. The number of fused-ring (bicyclic) bond motifs is 1. The zero-order valence-corrected chi connectivity index (χ0v) is 13.7. The predicted octanol–water partition coefficient (Wildman–Crippen LogP) is 2.26. The van der Waals surface area contributed by atoms with Gasteiger partial charge in [-0.3, -0.25) is 14.9 Å². The Bertz CT molecular complexity index is 660. The summed E-state index contributed by atoms with van der Waals surface area (Å²) in [6.07, 6.45) is 5.52. The first kappa shape index (κ1) is 16.0. The summed E-state index contributed by atoms with van der Waals surface area (Å²) in [4.78, 5) is 13.9. The van der Waals surface area contributed by atoms with Crippen LogP contribution in [0, 0.1) is 11.2 Å². The molecule has 2 heterocycles. The second-order valence-corrected chi connectivity index (χ2v) is 7.50. The van der Waals surface area contributed by atoms with Gasteiger partial charge in [0.15, 0.2) is 0 Å². The van der Waals surface area contributed by atoms with Crippen molar-refractivity contribution in [3.8, 4) is 0 Å². The molecule has 5 nitrogen and oxygen atoms in total. The van der Waals surface area contributed by atoms with E-state index in [-0.39, 0.29) is 11.4 Å². The molecule has 3 aliphatic rings. The third-order valence-corrected chi connectivity index (χ3v) is 5.93. The minimum Gasteiger partial charge on any atom is -0.380 e. The predicted molar refractivity (Wildman–Crippen MR) is 85.3 cm³/mol. The highest BCUT2D eigenvalue weighted by atomic mass is 19.1. The van der Waals surface area contributed by atoms with E-state index in [4.69, 9.17) is 9.94 Å². The summed E-state index contributed by atoms with van der Waals surface area (Å²) >= 11 is 0. The summed E-state index contributed by atoms with van der Waals surface area (Å²) in [5.41, 5.74) is 3.68. The van der Waals surface area contributed by atoms with Gasteiger partial charge in [0.05, 0.1) is 13.2 Å². The Hall–Kier alpha value is -1.50. The summed E-state index contributed by atoms with van der Waals surface area (Å²) in [6.45, 7) is 3.24. The van der Waals surface area contributed by atoms with Crippen LogP contribution in [-0.2, 0) is 17.7 Å². The molecule has 130 valence electrons. The Kier molecular flexibility index (Phi) is 4.06. The van der Waals surface area contributed by atoms with Crippen molar-refractivity contribution in [2.24, 2.45) is 5.41 Å². The Balaban J connectivity index is 1.52. The first-order chi connectivity index (χ1) is 11.6. The van der Waals surface area contributed by atoms with Gasteiger partial charge in [-0.1, -0.05) is 6.42 Å².